The summed E-state index contributed by atoms with van der Waals surface area (Å²) in [7, 11) is 0. The van der Waals surface area contributed by atoms with Gasteiger partial charge in [-0.1, -0.05) is 44.7 Å². The molecule has 2 aromatic carbocycles. The summed E-state index contributed by atoms with van der Waals surface area (Å²) in [6.07, 6.45) is 0. The third kappa shape index (κ3) is 1.62. The molecule has 0 aliphatic carbocycles. The highest BCUT2D eigenvalue weighted by molar-refractivity contribution is 9.10. The van der Waals surface area contributed by atoms with E-state index >= 15 is 0 Å². The number of nitrogens with zero attached hydrogens (tertiary/aromatic N) is 2. The molecule has 0 N–H and O–H groups in total. The summed E-state index contributed by atoms with van der Waals surface area (Å²) >= 11 is 3.33. The van der Waals surface area contributed by atoms with Gasteiger partial charge in [-0.2, -0.15) is 4.79 Å². The van der Waals surface area contributed by atoms with Crippen LogP contribution in [0.15, 0.2) is 46.9 Å². The van der Waals surface area contributed by atoms with Gasteiger partial charge in [0.15, 0.2) is 11.6 Å². The SMILES string of the molecule is Fc1cccc2c1nc(-c1ccccc1Br)n2F. The number of rotatable bonds is 1. The van der Waals surface area contributed by atoms with Crippen LogP contribution < -0.4 is 0 Å². The number of para-hydroxylation sites is 1. The number of hydrogen-bond acceptors (Lipinski definition) is 1. The summed E-state index contributed by atoms with van der Waals surface area (Å²) in [5.74, 6) is -0.445. The number of fused-ring (bicyclic) bond motifs is 1. The van der Waals surface area contributed by atoms with Gasteiger partial charge in [0.25, 0.3) is 0 Å². The molecule has 0 saturated heterocycles. The van der Waals surface area contributed by atoms with Gasteiger partial charge < -0.3 is 0 Å². The normalized spacial score (nSPS) is 11.1. The summed E-state index contributed by atoms with van der Waals surface area (Å²) in [6.45, 7) is 0. The van der Waals surface area contributed by atoms with E-state index in [9.17, 15) is 8.87 Å². The topological polar surface area (TPSA) is 17.8 Å². The lowest BCUT2D eigenvalue weighted by atomic mass is 10.2. The third-order valence-corrected chi connectivity index (χ3v) is 3.39. The van der Waals surface area contributed by atoms with E-state index in [1.54, 1.807) is 18.2 Å². The molecule has 90 valence electrons. The Morgan fingerprint density at radius 3 is 2.56 bits per heavy atom. The van der Waals surface area contributed by atoms with Crippen LogP contribution in [0.3, 0.4) is 0 Å². The highest BCUT2D eigenvalue weighted by Gasteiger charge is 2.16. The van der Waals surface area contributed by atoms with E-state index in [4.69, 9.17) is 0 Å². The van der Waals surface area contributed by atoms with Gasteiger partial charge >= 0.3 is 0 Å². The standard InChI is InChI=1S/C13H7BrF2N2/c14-9-5-2-1-4-8(9)13-17-12-10(15)6-3-7-11(12)18(13)16/h1-7H. The highest BCUT2D eigenvalue weighted by atomic mass is 79.9. The third-order valence-electron chi connectivity index (χ3n) is 2.70. The zero-order chi connectivity index (χ0) is 12.7. The number of halogens is 3. The number of hydrogen-bond donors (Lipinski definition) is 0. The second-order valence-electron chi connectivity index (χ2n) is 3.80. The minimum Gasteiger partial charge on any atom is -0.223 e. The molecule has 0 radical (unpaired) electrons. The summed E-state index contributed by atoms with van der Waals surface area (Å²) in [5.41, 5.74) is 0.738. The Kier molecular flexibility index (Phi) is 2.63. The minimum atomic E-state index is -0.530. The van der Waals surface area contributed by atoms with Gasteiger partial charge in [-0.25, -0.2) is 9.37 Å². The summed E-state index contributed by atoms with van der Waals surface area (Å²) in [5, 5.41) is 0. The fraction of sp³-hybridized carbons (Fsp3) is 0. The zero-order valence-corrected chi connectivity index (χ0v) is 10.7. The van der Waals surface area contributed by atoms with Crippen LogP contribution in [0.25, 0.3) is 22.4 Å². The fourth-order valence-corrected chi connectivity index (χ4v) is 2.31. The van der Waals surface area contributed by atoms with Crippen molar-refractivity contribution in [3.8, 4) is 11.4 Å². The molecular formula is C13H7BrF2N2. The van der Waals surface area contributed by atoms with Crippen molar-refractivity contribution in [1.29, 1.82) is 0 Å². The van der Waals surface area contributed by atoms with Crippen LogP contribution >= 0.6 is 15.9 Å². The first kappa shape index (κ1) is 11.3. The molecule has 0 fully saturated rings. The first-order valence-electron chi connectivity index (χ1n) is 5.26. The maximum absolute atomic E-state index is 14.1. The molecule has 0 aliphatic heterocycles. The number of benzene rings is 2. The van der Waals surface area contributed by atoms with E-state index in [0.29, 0.717) is 14.8 Å². The smallest absolute Gasteiger partial charge is 0.172 e. The second kappa shape index (κ2) is 4.17. The molecule has 0 bridgehead atoms. The fourth-order valence-electron chi connectivity index (χ4n) is 1.85. The molecule has 18 heavy (non-hydrogen) atoms. The van der Waals surface area contributed by atoms with Crippen LogP contribution in [-0.2, 0) is 0 Å². The van der Waals surface area contributed by atoms with Crippen molar-refractivity contribution in [3.63, 3.8) is 0 Å². The van der Waals surface area contributed by atoms with Crippen molar-refractivity contribution in [1.82, 2.24) is 9.77 Å². The molecule has 0 atom stereocenters. The average Bonchev–Trinajstić information content (AvgIpc) is 2.70. The van der Waals surface area contributed by atoms with Crippen LogP contribution in [-0.4, -0.2) is 9.77 Å². The summed E-state index contributed by atoms with van der Waals surface area (Å²) < 4.78 is 28.4. The first-order chi connectivity index (χ1) is 8.68. The second-order valence-corrected chi connectivity index (χ2v) is 4.66. The Hall–Kier alpha value is -1.75. The van der Waals surface area contributed by atoms with E-state index in [1.807, 2.05) is 6.07 Å². The molecule has 2 nitrogen and oxygen atoms in total. The van der Waals surface area contributed by atoms with Crippen molar-refractivity contribution in [2.75, 3.05) is 0 Å². The van der Waals surface area contributed by atoms with Gasteiger partial charge in [0, 0.05) is 10.0 Å². The predicted octanol–water partition coefficient (Wildman–Crippen LogP) is 4.34. The predicted molar refractivity (Wildman–Crippen MR) is 69.3 cm³/mol. The van der Waals surface area contributed by atoms with Gasteiger partial charge in [-0.3, -0.25) is 0 Å². The van der Waals surface area contributed by atoms with Crippen molar-refractivity contribution in [3.05, 3.63) is 52.8 Å². The quantitative estimate of drug-likeness (QED) is 0.654. The Morgan fingerprint density at radius 2 is 1.83 bits per heavy atom. The average molecular weight is 309 g/mol. The van der Waals surface area contributed by atoms with Gasteiger partial charge in [0.05, 0.1) is 0 Å². The summed E-state index contributed by atoms with van der Waals surface area (Å²) in [6, 6.07) is 11.3. The molecule has 0 amide bonds. The van der Waals surface area contributed by atoms with Crippen LogP contribution in [0.1, 0.15) is 0 Å². The van der Waals surface area contributed by atoms with Gasteiger partial charge in [0.1, 0.15) is 11.0 Å². The molecule has 3 aromatic rings. The molecule has 1 aromatic heterocycles. The van der Waals surface area contributed by atoms with Crippen LogP contribution in [0.4, 0.5) is 8.87 Å². The van der Waals surface area contributed by atoms with E-state index in [2.05, 4.69) is 20.9 Å². The number of imidazole rings is 1. The Labute approximate surface area is 110 Å². The summed E-state index contributed by atoms with van der Waals surface area (Å²) in [4.78, 5) is 4.43. The number of aromatic nitrogens is 2. The van der Waals surface area contributed by atoms with Crippen LogP contribution in [0.5, 0.6) is 0 Å². The lowest BCUT2D eigenvalue weighted by molar-refractivity contribution is 0.391. The molecular weight excluding hydrogens is 302 g/mol. The van der Waals surface area contributed by atoms with E-state index in [0.717, 1.165) is 0 Å². The highest BCUT2D eigenvalue weighted by Crippen LogP contribution is 2.30. The van der Waals surface area contributed by atoms with Gasteiger partial charge in [-0.05, 0) is 18.2 Å². The molecule has 5 heteroatoms. The largest absolute Gasteiger partial charge is 0.223 e. The van der Waals surface area contributed by atoms with Gasteiger partial charge in [-0.15, -0.1) is 0 Å². The van der Waals surface area contributed by atoms with Gasteiger partial charge in [0.2, 0.25) is 0 Å². The lowest BCUT2D eigenvalue weighted by Gasteiger charge is -2.01. The Balaban J connectivity index is 2.35. The van der Waals surface area contributed by atoms with Crippen molar-refractivity contribution < 1.29 is 8.87 Å². The van der Waals surface area contributed by atoms with Crippen molar-refractivity contribution in [2.45, 2.75) is 0 Å². The molecule has 0 spiro atoms. The molecule has 0 aliphatic rings. The van der Waals surface area contributed by atoms with Crippen LogP contribution in [0.2, 0.25) is 0 Å². The van der Waals surface area contributed by atoms with Crippen LogP contribution in [0, 0.1) is 5.82 Å². The van der Waals surface area contributed by atoms with Crippen molar-refractivity contribution >= 4 is 27.0 Å². The van der Waals surface area contributed by atoms with Crippen molar-refractivity contribution in [2.24, 2.45) is 0 Å². The van der Waals surface area contributed by atoms with E-state index in [-0.39, 0.29) is 16.9 Å². The first-order valence-corrected chi connectivity index (χ1v) is 6.06. The van der Waals surface area contributed by atoms with E-state index < -0.39 is 5.82 Å². The maximum Gasteiger partial charge on any atom is 0.172 e. The maximum atomic E-state index is 14.1. The molecule has 0 saturated carbocycles. The Morgan fingerprint density at radius 1 is 1.06 bits per heavy atom. The zero-order valence-electron chi connectivity index (χ0n) is 9.07. The molecule has 3 rings (SSSR count). The Bertz CT molecular complexity index is 737. The molecule has 0 unspecified atom stereocenters. The molecule has 1 heterocycles. The van der Waals surface area contributed by atoms with E-state index in [1.165, 1.54) is 18.2 Å². The minimum absolute atomic E-state index is 0.0331. The lowest BCUT2D eigenvalue weighted by Crippen LogP contribution is -1.88. The monoisotopic (exact) mass is 308 g/mol.